The fourth-order valence-corrected chi connectivity index (χ4v) is 6.39. The van der Waals surface area contributed by atoms with Gasteiger partial charge in [0.25, 0.3) is 5.56 Å². The number of nitrogens with zero attached hydrogens (tertiary/aromatic N) is 3. The summed E-state index contributed by atoms with van der Waals surface area (Å²) in [6.07, 6.45) is 6.28. The van der Waals surface area contributed by atoms with Gasteiger partial charge in [0.2, 0.25) is 5.69 Å². The molecule has 2 fully saturated rings. The van der Waals surface area contributed by atoms with Crippen LogP contribution in [0.25, 0.3) is 11.0 Å². The number of para-hydroxylation sites is 2. The van der Waals surface area contributed by atoms with Gasteiger partial charge < -0.3 is 9.67 Å². The Bertz CT molecular complexity index is 1210. The van der Waals surface area contributed by atoms with Crippen molar-refractivity contribution in [1.82, 2.24) is 14.5 Å². The molecule has 3 aromatic rings. The lowest BCUT2D eigenvalue weighted by Gasteiger charge is -2.43. The highest BCUT2D eigenvalue weighted by Gasteiger charge is 2.46. The summed E-state index contributed by atoms with van der Waals surface area (Å²) in [5.74, 6) is -1.26. The van der Waals surface area contributed by atoms with Gasteiger partial charge >= 0.3 is 5.97 Å². The van der Waals surface area contributed by atoms with Crippen molar-refractivity contribution in [1.29, 1.82) is 0 Å². The van der Waals surface area contributed by atoms with Crippen LogP contribution in [0.1, 0.15) is 53.3 Å². The van der Waals surface area contributed by atoms with Crippen molar-refractivity contribution >= 4 is 17.0 Å². The zero-order valence-corrected chi connectivity index (χ0v) is 17.3. The monoisotopic (exact) mass is 415 g/mol. The van der Waals surface area contributed by atoms with Gasteiger partial charge in [-0.15, -0.1) is 0 Å². The Morgan fingerprint density at radius 1 is 0.871 bits per heavy atom. The first-order valence-corrected chi connectivity index (χ1v) is 11.2. The molecule has 6 rings (SSSR count). The third kappa shape index (κ3) is 2.92. The normalized spacial score (nSPS) is 25.7. The Balaban J connectivity index is 1.35. The Morgan fingerprint density at radius 2 is 1.48 bits per heavy atom. The summed E-state index contributed by atoms with van der Waals surface area (Å²) in [7, 11) is 0. The van der Waals surface area contributed by atoms with E-state index in [1.54, 1.807) is 10.6 Å². The van der Waals surface area contributed by atoms with E-state index >= 15 is 0 Å². The van der Waals surface area contributed by atoms with Crippen molar-refractivity contribution in [3.8, 4) is 0 Å². The molecule has 2 saturated heterocycles. The Kier molecular flexibility index (Phi) is 4.25. The molecule has 6 nitrogen and oxygen atoms in total. The predicted molar refractivity (Wildman–Crippen MR) is 118 cm³/mol. The Morgan fingerprint density at radius 3 is 2.13 bits per heavy atom. The number of rotatable bonds is 3. The molecule has 1 N–H and O–H groups in total. The Hall–Kier alpha value is -2.99. The number of fused-ring (bicyclic) bond motifs is 4. The summed E-state index contributed by atoms with van der Waals surface area (Å²) in [5.41, 5.74) is 3.40. The molecular weight excluding hydrogens is 390 g/mol. The Labute approximate surface area is 180 Å². The molecule has 2 aromatic carbocycles. The number of carboxylic acids is 1. The number of aromatic carboxylic acids is 1. The molecule has 2 bridgehead atoms. The van der Waals surface area contributed by atoms with Crippen LogP contribution in [0.2, 0.25) is 0 Å². The van der Waals surface area contributed by atoms with Crippen LogP contribution in [0, 0.1) is 0 Å². The van der Waals surface area contributed by atoms with Gasteiger partial charge in [0.05, 0.1) is 11.0 Å². The van der Waals surface area contributed by atoms with E-state index in [0.29, 0.717) is 23.6 Å². The van der Waals surface area contributed by atoms with Gasteiger partial charge in [-0.1, -0.05) is 36.4 Å². The van der Waals surface area contributed by atoms with E-state index in [4.69, 9.17) is 0 Å². The highest BCUT2D eigenvalue weighted by molar-refractivity contribution is 5.88. The fourth-order valence-electron chi connectivity index (χ4n) is 6.39. The van der Waals surface area contributed by atoms with Gasteiger partial charge in [0.1, 0.15) is 0 Å². The number of piperidine rings is 1. The molecule has 0 spiro atoms. The largest absolute Gasteiger partial charge is 0.476 e. The molecule has 158 valence electrons. The maximum atomic E-state index is 13.1. The van der Waals surface area contributed by atoms with Gasteiger partial charge in [0.15, 0.2) is 0 Å². The van der Waals surface area contributed by atoms with Crippen LogP contribution in [0.15, 0.2) is 53.3 Å². The van der Waals surface area contributed by atoms with Crippen molar-refractivity contribution < 1.29 is 9.90 Å². The van der Waals surface area contributed by atoms with E-state index in [1.807, 2.05) is 18.2 Å². The van der Waals surface area contributed by atoms with Crippen molar-refractivity contribution in [3.63, 3.8) is 0 Å². The van der Waals surface area contributed by atoms with Gasteiger partial charge in [-0.05, 0) is 61.8 Å². The SMILES string of the molecule is O=C(O)c1nc2ccccc2n(C2C[C@H]3CC[C@@H](C2)N3C2Cc3ccccc3C2)c1=O. The lowest BCUT2D eigenvalue weighted by atomic mass is 9.94. The molecule has 3 aliphatic rings. The van der Waals surface area contributed by atoms with E-state index in [1.165, 1.54) is 11.1 Å². The summed E-state index contributed by atoms with van der Waals surface area (Å²) < 4.78 is 1.73. The fraction of sp³-hybridized carbons (Fsp3) is 0.400. The number of aromatic nitrogens is 2. The first-order valence-electron chi connectivity index (χ1n) is 11.2. The van der Waals surface area contributed by atoms with Crippen LogP contribution in [-0.4, -0.2) is 43.7 Å². The molecule has 1 unspecified atom stereocenters. The van der Waals surface area contributed by atoms with Gasteiger partial charge in [-0.3, -0.25) is 9.69 Å². The topological polar surface area (TPSA) is 75.4 Å². The minimum atomic E-state index is -1.26. The molecule has 0 saturated carbocycles. The maximum absolute atomic E-state index is 13.1. The summed E-state index contributed by atoms with van der Waals surface area (Å²) in [6.45, 7) is 0. The van der Waals surface area contributed by atoms with Crippen molar-refractivity contribution in [2.45, 2.75) is 62.7 Å². The molecule has 1 aliphatic carbocycles. The van der Waals surface area contributed by atoms with E-state index in [9.17, 15) is 14.7 Å². The zero-order chi connectivity index (χ0) is 21.1. The molecule has 6 heteroatoms. The van der Waals surface area contributed by atoms with Gasteiger partial charge in [-0.25, -0.2) is 9.78 Å². The van der Waals surface area contributed by atoms with Crippen LogP contribution in [0.4, 0.5) is 0 Å². The molecule has 0 amide bonds. The summed E-state index contributed by atoms with van der Waals surface area (Å²) in [5, 5.41) is 9.55. The first kappa shape index (κ1) is 18.8. The van der Waals surface area contributed by atoms with Gasteiger partial charge in [0, 0.05) is 24.2 Å². The van der Waals surface area contributed by atoms with Crippen LogP contribution < -0.4 is 5.56 Å². The number of carbonyl (C=O) groups is 1. The van der Waals surface area contributed by atoms with Crippen molar-refractivity contribution in [3.05, 3.63) is 75.7 Å². The highest BCUT2D eigenvalue weighted by Crippen LogP contribution is 2.44. The van der Waals surface area contributed by atoms with E-state index in [0.717, 1.165) is 44.0 Å². The molecule has 2 aliphatic heterocycles. The maximum Gasteiger partial charge on any atom is 0.360 e. The average molecular weight is 415 g/mol. The second-order valence-corrected chi connectivity index (χ2v) is 9.22. The van der Waals surface area contributed by atoms with Crippen LogP contribution in [0.5, 0.6) is 0 Å². The smallest absolute Gasteiger partial charge is 0.360 e. The lowest BCUT2D eigenvalue weighted by molar-refractivity contribution is 0.0647. The lowest BCUT2D eigenvalue weighted by Crippen LogP contribution is -2.50. The van der Waals surface area contributed by atoms with E-state index in [-0.39, 0.29) is 11.7 Å². The quantitative estimate of drug-likeness (QED) is 0.709. The number of hydrogen-bond acceptors (Lipinski definition) is 4. The predicted octanol–water partition coefficient (Wildman–Crippen LogP) is 3.43. The van der Waals surface area contributed by atoms with Crippen molar-refractivity contribution in [2.24, 2.45) is 0 Å². The molecule has 1 aromatic heterocycles. The zero-order valence-electron chi connectivity index (χ0n) is 17.3. The molecular formula is C25H25N3O3. The molecule has 31 heavy (non-hydrogen) atoms. The van der Waals surface area contributed by atoms with Crippen LogP contribution >= 0.6 is 0 Å². The van der Waals surface area contributed by atoms with E-state index in [2.05, 4.69) is 34.1 Å². The number of hydrogen-bond donors (Lipinski definition) is 1. The summed E-state index contributed by atoms with van der Waals surface area (Å²) in [6, 6.07) is 17.6. The molecule has 0 radical (unpaired) electrons. The van der Waals surface area contributed by atoms with Gasteiger partial charge in [-0.2, -0.15) is 0 Å². The van der Waals surface area contributed by atoms with Crippen LogP contribution in [0.3, 0.4) is 0 Å². The third-order valence-electron chi connectivity index (χ3n) is 7.58. The summed E-state index contributed by atoms with van der Waals surface area (Å²) >= 11 is 0. The standard InChI is InChI=1S/C25H25N3O3/c29-24-23(25(30)31)26-21-7-3-4-8-22(21)28(24)20-13-17-9-10-18(14-20)27(17)19-11-15-5-1-2-6-16(15)12-19/h1-8,17-20H,9-14H2,(H,30,31)/t17-,18+,20?. The summed E-state index contributed by atoms with van der Waals surface area (Å²) in [4.78, 5) is 31.7. The number of benzene rings is 2. The average Bonchev–Trinajstić information content (AvgIpc) is 3.30. The molecule has 3 heterocycles. The number of carboxylic acid groups (broad SMARTS) is 1. The van der Waals surface area contributed by atoms with Crippen molar-refractivity contribution in [2.75, 3.05) is 0 Å². The minimum Gasteiger partial charge on any atom is -0.476 e. The van der Waals surface area contributed by atoms with Crippen LogP contribution in [-0.2, 0) is 12.8 Å². The second-order valence-electron chi connectivity index (χ2n) is 9.22. The second kappa shape index (κ2) is 7.02. The highest BCUT2D eigenvalue weighted by atomic mass is 16.4. The first-order chi connectivity index (χ1) is 15.1. The third-order valence-corrected chi connectivity index (χ3v) is 7.58. The molecule has 3 atom stereocenters. The van der Waals surface area contributed by atoms with E-state index < -0.39 is 11.5 Å². The minimum absolute atomic E-state index is 0.0102.